The van der Waals surface area contributed by atoms with E-state index in [0.717, 1.165) is 0 Å². The van der Waals surface area contributed by atoms with Crippen LogP contribution in [0.5, 0.6) is 0 Å². The van der Waals surface area contributed by atoms with Crippen molar-refractivity contribution in [2.24, 2.45) is 0 Å². The van der Waals surface area contributed by atoms with Gasteiger partial charge in [-0.2, -0.15) is 0 Å². The molecule has 0 amide bonds. The first-order chi connectivity index (χ1) is 7.06. The first kappa shape index (κ1) is 11.9. The van der Waals surface area contributed by atoms with Crippen LogP contribution in [0.15, 0.2) is 18.2 Å². The number of esters is 1. The Hall–Kier alpha value is -1.18. The number of rotatable bonds is 3. The minimum Gasteiger partial charge on any atom is -0.469 e. The summed E-state index contributed by atoms with van der Waals surface area (Å²) >= 11 is 1.96. The maximum atomic E-state index is 11.1. The van der Waals surface area contributed by atoms with Crippen molar-refractivity contribution in [2.75, 3.05) is 7.11 Å². The summed E-state index contributed by atoms with van der Waals surface area (Å²) in [5.74, 6) is -0.484. The highest BCUT2D eigenvalue weighted by atomic mass is 127. The van der Waals surface area contributed by atoms with Crippen LogP contribution in [0.4, 0.5) is 5.69 Å². The molecule has 0 spiro atoms. The third kappa shape index (κ3) is 2.88. The Labute approximate surface area is 99.7 Å². The molecule has 1 aromatic rings. The fourth-order valence-corrected chi connectivity index (χ4v) is 1.78. The van der Waals surface area contributed by atoms with E-state index >= 15 is 0 Å². The quantitative estimate of drug-likeness (QED) is 0.369. The van der Waals surface area contributed by atoms with Gasteiger partial charge in [-0.1, -0.05) is 6.07 Å². The summed E-state index contributed by atoms with van der Waals surface area (Å²) in [5.41, 5.74) is 0.349. The van der Waals surface area contributed by atoms with Gasteiger partial charge in [-0.3, -0.25) is 14.9 Å². The number of nitro benzene ring substituents is 1. The van der Waals surface area contributed by atoms with Crippen LogP contribution in [-0.2, 0) is 16.0 Å². The highest BCUT2D eigenvalue weighted by Crippen LogP contribution is 2.24. The topological polar surface area (TPSA) is 69.4 Å². The molecule has 0 unspecified atom stereocenters. The van der Waals surface area contributed by atoms with Gasteiger partial charge in [0.2, 0.25) is 0 Å². The Balaban J connectivity index is 3.13. The van der Waals surface area contributed by atoms with Gasteiger partial charge in [0.1, 0.15) is 0 Å². The Morgan fingerprint density at radius 3 is 2.80 bits per heavy atom. The fraction of sp³-hybridized carbons (Fsp3) is 0.222. The summed E-state index contributed by atoms with van der Waals surface area (Å²) in [6, 6.07) is 4.67. The molecule has 0 bridgehead atoms. The number of hydrogen-bond acceptors (Lipinski definition) is 4. The lowest BCUT2D eigenvalue weighted by molar-refractivity contribution is -0.385. The van der Waals surface area contributed by atoms with Crippen LogP contribution < -0.4 is 0 Å². The molecular weight excluding hydrogens is 313 g/mol. The molecule has 0 aliphatic rings. The molecule has 0 saturated carbocycles. The molecule has 0 heterocycles. The fourth-order valence-electron chi connectivity index (χ4n) is 1.11. The lowest BCUT2D eigenvalue weighted by Crippen LogP contribution is -2.08. The van der Waals surface area contributed by atoms with E-state index in [9.17, 15) is 14.9 Å². The zero-order valence-corrected chi connectivity index (χ0v) is 10.1. The first-order valence-corrected chi connectivity index (χ1v) is 5.12. The van der Waals surface area contributed by atoms with E-state index in [1.807, 2.05) is 22.6 Å². The smallest absolute Gasteiger partial charge is 0.310 e. The predicted octanol–water partition coefficient (Wildman–Crippen LogP) is 1.91. The van der Waals surface area contributed by atoms with Crippen molar-refractivity contribution in [1.29, 1.82) is 0 Å². The second-order valence-corrected chi connectivity index (χ2v) is 3.91. The van der Waals surface area contributed by atoms with E-state index in [4.69, 9.17) is 0 Å². The lowest BCUT2D eigenvalue weighted by atomic mass is 10.1. The molecule has 0 aliphatic heterocycles. The average molecular weight is 321 g/mol. The number of ether oxygens (including phenoxy) is 1. The molecule has 6 heteroatoms. The van der Waals surface area contributed by atoms with Crippen LogP contribution in [0, 0.1) is 13.7 Å². The van der Waals surface area contributed by atoms with Crippen molar-refractivity contribution < 1.29 is 14.5 Å². The van der Waals surface area contributed by atoms with Crippen molar-refractivity contribution in [3.05, 3.63) is 37.4 Å². The third-order valence-corrected chi connectivity index (χ3v) is 2.85. The van der Waals surface area contributed by atoms with Crippen molar-refractivity contribution >= 4 is 34.2 Å². The zero-order chi connectivity index (χ0) is 11.4. The van der Waals surface area contributed by atoms with Crippen molar-refractivity contribution in [3.8, 4) is 0 Å². The minimum absolute atomic E-state index is 0.0488. The second-order valence-electron chi connectivity index (χ2n) is 2.75. The summed E-state index contributed by atoms with van der Waals surface area (Å²) in [4.78, 5) is 21.3. The molecule has 0 radical (unpaired) electrons. The van der Waals surface area contributed by atoms with E-state index in [-0.39, 0.29) is 12.1 Å². The van der Waals surface area contributed by atoms with Gasteiger partial charge in [0.05, 0.1) is 24.0 Å². The monoisotopic (exact) mass is 321 g/mol. The van der Waals surface area contributed by atoms with Crippen LogP contribution in [0.2, 0.25) is 0 Å². The maximum absolute atomic E-state index is 11.1. The van der Waals surface area contributed by atoms with Crippen molar-refractivity contribution in [2.45, 2.75) is 6.42 Å². The van der Waals surface area contributed by atoms with Crippen molar-refractivity contribution in [1.82, 2.24) is 0 Å². The number of carbonyl (C=O) groups excluding carboxylic acids is 1. The average Bonchev–Trinajstić information content (AvgIpc) is 2.20. The number of benzene rings is 1. The Kier molecular flexibility index (Phi) is 4.01. The minimum atomic E-state index is -0.500. The molecule has 1 aromatic carbocycles. The summed E-state index contributed by atoms with van der Waals surface area (Å²) in [5, 5.41) is 10.7. The normalized spacial score (nSPS) is 9.73. The molecule has 0 aromatic heterocycles. The number of nitro groups is 1. The Morgan fingerprint density at radius 2 is 2.27 bits per heavy atom. The van der Waals surface area contributed by atoms with Gasteiger partial charge in [-0.25, -0.2) is 0 Å². The van der Waals surface area contributed by atoms with E-state index in [1.165, 1.54) is 13.2 Å². The highest BCUT2D eigenvalue weighted by Gasteiger charge is 2.18. The highest BCUT2D eigenvalue weighted by molar-refractivity contribution is 14.1. The van der Waals surface area contributed by atoms with Gasteiger partial charge in [-0.05, 0) is 28.7 Å². The van der Waals surface area contributed by atoms with Crippen molar-refractivity contribution in [3.63, 3.8) is 0 Å². The summed E-state index contributed by atoms with van der Waals surface area (Å²) < 4.78 is 5.17. The molecule has 0 aliphatic carbocycles. The lowest BCUT2D eigenvalue weighted by Gasteiger charge is -2.03. The maximum Gasteiger partial charge on any atom is 0.310 e. The zero-order valence-electron chi connectivity index (χ0n) is 7.90. The molecule has 0 saturated heterocycles. The number of halogens is 1. The second kappa shape index (κ2) is 5.06. The molecular formula is C9H8INO4. The van der Waals surface area contributed by atoms with Crippen LogP contribution in [0.3, 0.4) is 0 Å². The largest absolute Gasteiger partial charge is 0.469 e. The van der Waals surface area contributed by atoms with Gasteiger partial charge in [-0.15, -0.1) is 0 Å². The SMILES string of the molecule is COC(=O)Cc1c(I)cccc1[N+](=O)[O-]. The van der Waals surface area contributed by atoms with E-state index in [2.05, 4.69) is 4.74 Å². The Morgan fingerprint density at radius 1 is 1.60 bits per heavy atom. The Bertz CT molecular complexity index is 405. The van der Waals surface area contributed by atoms with Crippen LogP contribution >= 0.6 is 22.6 Å². The van der Waals surface area contributed by atoms with Gasteiger partial charge < -0.3 is 4.74 Å². The molecule has 0 fully saturated rings. The molecule has 5 nitrogen and oxygen atoms in total. The van der Waals surface area contributed by atoms with Crippen LogP contribution in [0.1, 0.15) is 5.56 Å². The standard InChI is InChI=1S/C9H8INO4/c1-15-9(12)5-6-7(10)3-2-4-8(6)11(13)14/h2-4H,5H2,1H3. The number of carbonyl (C=O) groups is 1. The van der Waals surface area contributed by atoms with E-state index < -0.39 is 10.9 Å². The van der Waals surface area contributed by atoms with Crippen LogP contribution in [-0.4, -0.2) is 18.0 Å². The predicted molar refractivity (Wildman–Crippen MR) is 61.5 cm³/mol. The molecule has 15 heavy (non-hydrogen) atoms. The summed E-state index contributed by atoms with van der Waals surface area (Å²) in [7, 11) is 1.25. The van der Waals surface area contributed by atoms with Gasteiger partial charge in [0.15, 0.2) is 0 Å². The first-order valence-electron chi connectivity index (χ1n) is 4.05. The molecule has 0 atom stereocenters. The van der Waals surface area contributed by atoms with Crippen LogP contribution in [0.25, 0.3) is 0 Å². The van der Waals surface area contributed by atoms with E-state index in [1.54, 1.807) is 12.1 Å². The molecule has 0 N–H and O–H groups in total. The van der Waals surface area contributed by atoms with Gasteiger partial charge in [0, 0.05) is 9.64 Å². The number of methoxy groups -OCH3 is 1. The van der Waals surface area contributed by atoms with E-state index in [0.29, 0.717) is 9.13 Å². The summed E-state index contributed by atoms with van der Waals surface area (Å²) in [6.07, 6.45) is -0.0775. The number of hydrogen-bond donors (Lipinski definition) is 0. The molecule has 80 valence electrons. The third-order valence-electron chi connectivity index (χ3n) is 1.84. The summed E-state index contributed by atoms with van der Waals surface area (Å²) in [6.45, 7) is 0. The van der Waals surface area contributed by atoms with Gasteiger partial charge in [0.25, 0.3) is 5.69 Å². The molecule has 1 rings (SSSR count). The number of nitrogens with zero attached hydrogens (tertiary/aromatic N) is 1. The van der Waals surface area contributed by atoms with Gasteiger partial charge >= 0.3 is 5.97 Å².